The molecule has 0 aliphatic rings. The zero-order valence-electron chi connectivity index (χ0n) is 15.9. The van der Waals surface area contributed by atoms with Crippen molar-refractivity contribution in [3.8, 4) is 0 Å². The van der Waals surface area contributed by atoms with Crippen LogP contribution in [0.3, 0.4) is 0 Å². The van der Waals surface area contributed by atoms with E-state index >= 15 is 0 Å². The predicted octanol–water partition coefficient (Wildman–Crippen LogP) is 5.07. The number of rotatable bonds is 7. The van der Waals surface area contributed by atoms with Crippen molar-refractivity contribution in [2.75, 3.05) is 6.54 Å². The lowest BCUT2D eigenvalue weighted by molar-refractivity contribution is 0.366. The maximum absolute atomic E-state index is 13.3. The smallest absolute Gasteiger partial charge is 0.243 e. The zero-order valence-corrected chi connectivity index (χ0v) is 17.5. The Morgan fingerprint density at radius 1 is 1.04 bits per heavy atom. The molecule has 3 rings (SSSR count). The number of thiophene rings is 1. The van der Waals surface area contributed by atoms with Gasteiger partial charge in [-0.05, 0) is 53.1 Å². The van der Waals surface area contributed by atoms with E-state index in [9.17, 15) is 8.42 Å². The lowest BCUT2D eigenvalue weighted by Gasteiger charge is -2.23. The monoisotopic (exact) mass is 403 g/mol. The van der Waals surface area contributed by atoms with Gasteiger partial charge in [-0.2, -0.15) is 4.31 Å². The third kappa shape index (κ3) is 4.89. The Hall–Kier alpha value is -1.89. The Labute approximate surface area is 165 Å². The van der Waals surface area contributed by atoms with Crippen LogP contribution in [-0.2, 0) is 28.4 Å². The van der Waals surface area contributed by atoms with Crippen molar-refractivity contribution in [3.05, 3.63) is 76.4 Å². The molecule has 6 heteroatoms. The molecule has 144 valence electrons. The van der Waals surface area contributed by atoms with Crippen LogP contribution in [0.25, 0.3) is 0 Å². The van der Waals surface area contributed by atoms with E-state index in [2.05, 4.69) is 20.8 Å². The van der Waals surface area contributed by atoms with Gasteiger partial charge in [-0.25, -0.2) is 8.42 Å². The van der Waals surface area contributed by atoms with Crippen LogP contribution in [0.2, 0.25) is 0 Å². The summed E-state index contributed by atoms with van der Waals surface area (Å²) in [6.07, 6.45) is 2.25. The average Bonchev–Trinajstić information content (AvgIpc) is 3.31. The quantitative estimate of drug-likeness (QED) is 0.553. The van der Waals surface area contributed by atoms with Gasteiger partial charge < -0.3 is 4.42 Å². The first kappa shape index (κ1) is 19.9. The van der Waals surface area contributed by atoms with Crippen molar-refractivity contribution < 1.29 is 12.8 Å². The van der Waals surface area contributed by atoms with E-state index in [1.165, 1.54) is 4.31 Å². The van der Waals surface area contributed by atoms with Gasteiger partial charge in [0.15, 0.2) is 0 Å². The minimum atomic E-state index is -3.61. The second-order valence-electron chi connectivity index (χ2n) is 7.52. The third-order valence-electron chi connectivity index (χ3n) is 4.46. The van der Waals surface area contributed by atoms with Crippen LogP contribution >= 0.6 is 11.3 Å². The van der Waals surface area contributed by atoms with E-state index in [1.807, 2.05) is 29.6 Å². The molecule has 0 aliphatic carbocycles. The Bertz CT molecular complexity index is 936. The van der Waals surface area contributed by atoms with Crippen molar-refractivity contribution >= 4 is 21.4 Å². The first-order chi connectivity index (χ1) is 12.8. The fourth-order valence-corrected chi connectivity index (χ4v) is 4.93. The van der Waals surface area contributed by atoms with Crippen LogP contribution in [0.1, 0.15) is 37.0 Å². The van der Waals surface area contributed by atoms with E-state index in [4.69, 9.17) is 4.42 Å². The second kappa shape index (κ2) is 8.00. The van der Waals surface area contributed by atoms with Gasteiger partial charge in [-0.3, -0.25) is 0 Å². The molecular formula is C21H25NO3S2. The van der Waals surface area contributed by atoms with Crippen LogP contribution in [0.4, 0.5) is 0 Å². The van der Waals surface area contributed by atoms with Gasteiger partial charge in [0, 0.05) is 11.4 Å². The largest absolute Gasteiger partial charge is 0.468 e. The van der Waals surface area contributed by atoms with Crippen LogP contribution in [-0.4, -0.2) is 19.3 Å². The molecule has 3 aromatic rings. The van der Waals surface area contributed by atoms with Gasteiger partial charge in [0.1, 0.15) is 5.76 Å². The van der Waals surface area contributed by atoms with Gasteiger partial charge in [-0.1, -0.05) is 39.0 Å². The Morgan fingerprint density at radius 3 is 2.33 bits per heavy atom. The van der Waals surface area contributed by atoms with E-state index in [-0.39, 0.29) is 12.0 Å². The van der Waals surface area contributed by atoms with Crippen molar-refractivity contribution in [3.63, 3.8) is 0 Å². The lowest BCUT2D eigenvalue weighted by atomic mass is 9.87. The molecule has 0 N–H and O–H groups in total. The zero-order chi connectivity index (χ0) is 19.5. The van der Waals surface area contributed by atoms with E-state index in [0.29, 0.717) is 23.6 Å². The number of sulfonamides is 1. The Morgan fingerprint density at radius 2 is 1.78 bits per heavy atom. The van der Waals surface area contributed by atoms with Gasteiger partial charge in [0.25, 0.3) is 0 Å². The molecule has 0 spiro atoms. The Balaban J connectivity index is 1.86. The molecule has 0 unspecified atom stereocenters. The normalized spacial score (nSPS) is 12.6. The molecule has 2 aromatic heterocycles. The molecule has 0 bridgehead atoms. The summed E-state index contributed by atoms with van der Waals surface area (Å²) in [4.78, 5) is 1.48. The Kier molecular flexibility index (Phi) is 5.89. The highest BCUT2D eigenvalue weighted by Crippen LogP contribution is 2.25. The van der Waals surface area contributed by atoms with Crippen molar-refractivity contribution in [1.29, 1.82) is 0 Å². The van der Waals surface area contributed by atoms with Crippen molar-refractivity contribution in [2.24, 2.45) is 0 Å². The molecule has 0 radical (unpaired) electrons. The summed E-state index contributed by atoms with van der Waals surface area (Å²) in [5, 5.41) is 2.01. The minimum Gasteiger partial charge on any atom is -0.468 e. The highest BCUT2D eigenvalue weighted by Gasteiger charge is 2.26. The highest BCUT2D eigenvalue weighted by atomic mass is 32.2. The minimum absolute atomic E-state index is 0.0185. The molecule has 0 saturated heterocycles. The van der Waals surface area contributed by atoms with Gasteiger partial charge in [0.05, 0.1) is 17.7 Å². The molecule has 0 amide bonds. The van der Waals surface area contributed by atoms with Gasteiger partial charge >= 0.3 is 0 Å². The number of benzene rings is 1. The molecule has 1 aromatic carbocycles. The summed E-state index contributed by atoms with van der Waals surface area (Å²) in [7, 11) is -3.61. The van der Waals surface area contributed by atoms with Gasteiger partial charge in [-0.15, -0.1) is 11.3 Å². The molecule has 27 heavy (non-hydrogen) atoms. The van der Waals surface area contributed by atoms with E-state index in [0.717, 1.165) is 10.4 Å². The van der Waals surface area contributed by atoms with Crippen LogP contribution in [0.5, 0.6) is 0 Å². The van der Waals surface area contributed by atoms with Crippen LogP contribution in [0.15, 0.2) is 69.5 Å². The molecule has 0 aliphatic heterocycles. The van der Waals surface area contributed by atoms with E-state index in [1.54, 1.807) is 41.9 Å². The molecule has 0 fully saturated rings. The SMILES string of the molecule is CC(C)(C)c1ccc(S(=O)(=O)N(CCc2cccs2)Cc2ccco2)cc1. The van der Waals surface area contributed by atoms with Crippen LogP contribution < -0.4 is 0 Å². The summed E-state index contributed by atoms with van der Waals surface area (Å²) >= 11 is 1.64. The van der Waals surface area contributed by atoms with E-state index < -0.39 is 10.0 Å². The third-order valence-corrected chi connectivity index (χ3v) is 7.25. The summed E-state index contributed by atoms with van der Waals surface area (Å²) in [5.41, 5.74) is 1.09. The maximum Gasteiger partial charge on any atom is 0.243 e. The van der Waals surface area contributed by atoms with Crippen molar-refractivity contribution in [1.82, 2.24) is 4.31 Å². The average molecular weight is 404 g/mol. The molecule has 2 heterocycles. The molecule has 4 nitrogen and oxygen atoms in total. The first-order valence-corrected chi connectivity index (χ1v) is 11.2. The standard InChI is InChI=1S/C21H25NO3S2/c1-21(2,3)17-8-10-20(11-9-17)27(23,24)22(16-18-6-4-14-25-18)13-12-19-7-5-15-26-19/h4-11,14-15H,12-13,16H2,1-3H3. The summed E-state index contributed by atoms with van der Waals surface area (Å²) in [6, 6.07) is 14.8. The summed E-state index contributed by atoms with van der Waals surface area (Å²) in [5.74, 6) is 0.635. The van der Waals surface area contributed by atoms with Gasteiger partial charge in [0.2, 0.25) is 10.0 Å². The van der Waals surface area contributed by atoms with Crippen molar-refractivity contribution in [2.45, 2.75) is 44.0 Å². The first-order valence-electron chi connectivity index (χ1n) is 8.92. The molecule has 0 saturated carbocycles. The van der Waals surface area contributed by atoms with Crippen LogP contribution in [0, 0.1) is 0 Å². The highest BCUT2D eigenvalue weighted by molar-refractivity contribution is 7.89. The fraction of sp³-hybridized carbons (Fsp3) is 0.333. The maximum atomic E-state index is 13.3. The molecular weight excluding hydrogens is 378 g/mol. The number of furan rings is 1. The number of hydrogen-bond acceptors (Lipinski definition) is 4. The number of hydrogen-bond donors (Lipinski definition) is 0. The predicted molar refractivity (Wildman–Crippen MR) is 109 cm³/mol. The topological polar surface area (TPSA) is 50.5 Å². The summed E-state index contributed by atoms with van der Waals surface area (Å²) < 4.78 is 33.4. The number of nitrogens with zero attached hydrogens (tertiary/aromatic N) is 1. The lowest BCUT2D eigenvalue weighted by Crippen LogP contribution is -2.32. The summed E-state index contributed by atoms with van der Waals surface area (Å²) in [6.45, 7) is 6.97. The molecule has 0 atom stereocenters. The second-order valence-corrected chi connectivity index (χ2v) is 10.5. The fourth-order valence-electron chi connectivity index (χ4n) is 2.83.